The number of nitrogens with one attached hydrogen (secondary N) is 1. The van der Waals surface area contributed by atoms with Crippen LogP contribution in [0.1, 0.15) is 17.7 Å². The summed E-state index contributed by atoms with van der Waals surface area (Å²) in [5, 5.41) is 13.6. The summed E-state index contributed by atoms with van der Waals surface area (Å²) in [4.78, 5) is 24.2. The Labute approximate surface area is 136 Å². The van der Waals surface area contributed by atoms with Crippen molar-refractivity contribution >= 4 is 23.2 Å². The molecule has 0 spiro atoms. The topological polar surface area (TPSA) is 75.6 Å². The van der Waals surface area contributed by atoms with Crippen molar-refractivity contribution < 1.29 is 23.8 Å². The number of benzene rings is 1. The number of rotatable bonds is 7. The molecule has 122 valence electrons. The second-order valence-corrected chi connectivity index (χ2v) is 5.86. The number of carboxylic acids is 1. The maximum Gasteiger partial charge on any atom is 0.346 e. The Morgan fingerprint density at radius 2 is 2.00 bits per heavy atom. The highest BCUT2D eigenvalue weighted by atomic mass is 32.1. The van der Waals surface area contributed by atoms with Crippen molar-refractivity contribution in [3.8, 4) is 5.75 Å². The predicted octanol–water partition coefficient (Wildman–Crippen LogP) is 2.64. The van der Waals surface area contributed by atoms with Crippen LogP contribution in [0.4, 0.5) is 4.39 Å². The van der Waals surface area contributed by atoms with Crippen LogP contribution in [0.3, 0.4) is 0 Å². The Balaban J connectivity index is 1.93. The first-order valence-corrected chi connectivity index (χ1v) is 7.81. The number of carbonyl (C=O) groups is 2. The van der Waals surface area contributed by atoms with Gasteiger partial charge in [0.1, 0.15) is 11.6 Å². The molecule has 0 radical (unpaired) electrons. The van der Waals surface area contributed by atoms with Crippen LogP contribution in [0, 0.1) is 5.82 Å². The maximum atomic E-state index is 12.8. The van der Waals surface area contributed by atoms with Crippen LogP contribution in [0.5, 0.6) is 5.75 Å². The number of halogens is 1. The third-order valence-corrected chi connectivity index (χ3v) is 4.25. The smallest absolute Gasteiger partial charge is 0.346 e. The lowest BCUT2D eigenvalue weighted by atomic mass is 10.1. The molecule has 1 aromatic heterocycles. The van der Waals surface area contributed by atoms with Gasteiger partial charge in [0.15, 0.2) is 0 Å². The van der Waals surface area contributed by atoms with E-state index in [1.165, 1.54) is 35.6 Å². The Hall–Kier alpha value is -2.41. The molecular formula is C16H16FNO4S. The van der Waals surface area contributed by atoms with Crippen LogP contribution >= 0.6 is 11.3 Å². The van der Waals surface area contributed by atoms with Crippen LogP contribution in [0.15, 0.2) is 41.8 Å². The van der Waals surface area contributed by atoms with Crippen molar-refractivity contribution in [1.82, 2.24) is 5.32 Å². The quantitative estimate of drug-likeness (QED) is 0.814. The Morgan fingerprint density at radius 3 is 2.57 bits per heavy atom. The summed E-state index contributed by atoms with van der Waals surface area (Å²) in [6.07, 6.45) is -1.25. The summed E-state index contributed by atoms with van der Waals surface area (Å²) < 4.78 is 18.1. The molecule has 0 saturated carbocycles. The molecule has 0 aliphatic carbocycles. The van der Waals surface area contributed by atoms with E-state index in [-0.39, 0.29) is 24.1 Å². The molecule has 2 rings (SSSR count). The van der Waals surface area contributed by atoms with Gasteiger partial charge in [0, 0.05) is 4.88 Å². The molecular weight excluding hydrogens is 321 g/mol. The third kappa shape index (κ3) is 4.79. The Kier molecular flexibility index (Phi) is 5.70. The van der Waals surface area contributed by atoms with Gasteiger partial charge in [-0.15, -0.1) is 11.3 Å². The number of hydrogen-bond acceptors (Lipinski definition) is 4. The fourth-order valence-corrected chi connectivity index (χ4v) is 2.65. The largest absolute Gasteiger partial charge is 0.478 e. The minimum absolute atomic E-state index is 0.179. The van der Waals surface area contributed by atoms with Gasteiger partial charge in [0.05, 0.1) is 12.5 Å². The van der Waals surface area contributed by atoms with Gasteiger partial charge in [-0.1, -0.05) is 6.07 Å². The van der Waals surface area contributed by atoms with Crippen molar-refractivity contribution in [3.05, 3.63) is 52.5 Å². The van der Waals surface area contributed by atoms with E-state index in [9.17, 15) is 19.1 Å². The molecule has 0 fully saturated rings. The van der Waals surface area contributed by atoms with Gasteiger partial charge in [0.2, 0.25) is 12.0 Å². The summed E-state index contributed by atoms with van der Waals surface area (Å²) in [6, 6.07) is 8.71. The van der Waals surface area contributed by atoms with Gasteiger partial charge < -0.3 is 15.2 Å². The number of thiophene rings is 1. The standard InChI is InChI=1S/C16H16FNO4S/c1-10(14-3-2-8-23-14)15(19)18-9-13(16(20)21)22-12-6-4-11(17)5-7-12/h2-8,10,13H,9H2,1H3,(H,18,19)(H,20,21). The molecule has 23 heavy (non-hydrogen) atoms. The number of aliphatic carboxylic acids is 1. The van der Waals surface area contributed by atoms with Gasteiger partial charge in [-0.2, -0.15) is 0 Å². The summed E-state index contributed by atoms with van der Waals surface area (Å²) >= 11 is 1.46. The number of carboxylic acid groups (broad SMARTS) is 1. The minimum atomic E-state index is -1.25. The van der Waals surface area contributed by atoms with Crippen LogP contribution in [0.25, 0.3) is 0 Å². The highest BCUT2D eigenvalue weighted by Crippen LogP contribution is 2.20. The fourth-order valence-electron chi connectivity index (χ4n) is 1.87. The van der Waals surface area contributed by atoms with Crippen molar-refractivity contribution in [3.63, 3.8) is 0 Å². The molecule has 1 aromatic carbocycles. The first-order chi connectivity index (χ1) is 11.0. The van der Waals surface area contributed by atoms with E-state index in [0.29, 0.717) is 0 Å². The van der Waals surface area contributed by atoms with Crippen LogP contribution in [-0.4, -0.2) is 29.6 Å². The van der Waals surface area contributed by atoms with Crippen LogP contribution in [0.2, 0.25) is 0 Å². The molecule has 0 bridgehead atoms. The van der Waals surface area contributed by atoms with E-state index >= 15 is 0 Å². The molecule has 0 aliphatic heterocycles. The predicted molar refractivity (Wildman–Crippen MR) is 84.2 cm³/mol. The zero-order chi connectivity index (χ0) is 16.8. The van der Waals surface area contributed by atoms with Gasteiger partial charge in [0.25, 0.3) is 0 Å². The molecule has 0 saturated heterocycles. The summed E-state index contributed by atoms with van der Waals surface area (Å²) in [5.41, 5.74) is 0. The molecule has 7 heteroatoms. The average Bonchev–Trinajstić information content (AvgIpc) is 3.06. The molecule has 2 aromatic rings. The van der Waals surface area contributed by atoms with E-state index in [1.807, 2.05) is 17.5 Å². The number of amides is 1. The zero-order valence-corrected chi connectivity index (χ0v) is 13.2. The van der Waals surface area contributed by atoms with E-state index < -0.39 is 17.9 Å². The molecule has 5 nitrogen and oxygen atoms in total. The molecule has 2 atom stereocenters. The monoisotopic (exact) mass is 337 g/mol. The zero-order valence-electron chi connectivity index (χ0n) is 12.4. The lowest BCUT2D eigenvalue weighted by Crippen LogP contribution is -2.41. The van der Waals surface area contributed by atoms with Crippen LogP contribution in [-0.2, 0) is 9.59 Å². The van der Waals surface area contributed by atoms with Gasteiger partial charge >= 0.3 is 5.97 Å². The molecule has 0 aliphatic rings. The molecule has 2 N–H and O–H groups in total. The Morgan fingerprint density at radius 1 is 1.30 bits per heavy atom. The molecule has 1 heterocycles. The minimum Gasteiger partial charge on any atom is -0.478 e. The third-order valence-electron chi connectivity index (χ3n) is 3.19. The van der Waals surface area contributed by atoms with Crippen molar-refractivity contribution in [2.24, 2.45) is 0 Å². The SMILES string of the molecule is CC(C(=O)NCC(Oc1ccc(F)cc1)C(=O)O)c1cccs1. The van der Waals surface area contributed by atoms with Crippen molar-refractivity contribution in [2.75, 3.05) is 6.54 Å². The van der Waals surface area contributed by atoms with E-state index in [0.717, 1.165) is 4.88 Å². The van der Waals surface area contributed by atoms with Crippen LogP contribution < -0.4 is 10.1 Å². The van der Waals surface area contributed by atoms with E-state index in [2.05, 4.69) is 5.32 Å². The number of hydrogen-bond donors (Lipinski definition) is 2. The first kappa shape index (κ1) is 17.0. The maximum absolute atomic E-state index is 12.8. The van der Waals surface area contributed by atoms with Crippen molar-refractivity contribution in [1.29, 1.82) is 0 Å². The Bertz CT molecular complexity index is 657. The summed E-state index contributed by atoms with van der Waals surface area (Å²) in [7, 11) is 0. The van der Waals surface area contributed by atoms with Gasteiger partial charge in [-0.25, -0.2) is 9.18 Å². The summed E-state index contributed by atoms with van der Waals surface area (Å²) in [5.74, 6) is -2.07. The lowest BCUT2D eigenvalue weighted by molar-refractivity contribution is -0.145. The second kappa shape index (κ2) is 7.73. The first-order valence-electron chi connectivity index (χ1n) is 6.93. The average molecular weight is 337 g/mol. The highest BCUT2D eigenvalue weighted by Gasteiger charge is 2.23. The molecule has 2 unspecified atom stereocenters. The lowest BCUT2D eigenvalue weighted by Gasteiger charge is -2.17. The van der Waals surface area contributed by atoms with E-state index in [1.54, 1.807) is 6.92 Å². The number of ether oxygens (including phenoxy) is 1. The normalized spacial score (nSPS) is 13.1. The molecule has 1 amide bonds. The van der Waals surface area contributed by atoms with Gasteiger partial charge in [-0.05, 0) is 42.6 Å². The van der Waals surface area contributed by atoms with Crippen molar-refractivity contribution in [2.45, 2.75) is 18.9 Å². The van der Waals surface area contributed by atoms with Gasteiger partial charge in [-0.3, -0.25) is 4.79 Å². The number of carbonyl (C=O) groups excluding carboxylic acids is 1. The second-order valence-electron chi connectivity index (χ2n) is 4.88. The van der Waals surface area contributed by atoms with E-state index in [4.69, 9.17) is 4.74 Å². The highest BCUT2D eigenvalue weighted by molar-refractivity contribution is 7.10. The summed E-state index contributed by atoms with van der Waals surface area (Å²) in [6.45, 7) is 1.57. The fraction of sp³-hybridized carbons (Fsp3) is 0.250.